The number of rotatable bonds is 3. The van der Waals surface area contributed by atoms with Gasteiger partial charge < -0.3 is 5.73 Å². The molecule has 0 amide bonds. The van der Waals surface area contributed by atoms with E-state index in [1.807, 2.05) is 24.3 Å². The first-order valence-corrected chi connectivity index (χ1v) is 7.55. The predicted octanol–water partition coefficient (Wildman–Crippen LogP) is 4.01. The van der Waals surface area contributed by atoms with Gasteiger partial charge in [0, 0.05) is 5.56 Å². The molecule has 0 spiro atoms. The van der Waals surface area contributed by atoms with Crippen molar-refractivity contribution < 1.29 is 8.78 Å². The molecule has 0 saturated heterocycles. The first kappa shape index (κ1) is 14.0. The number of benzene rings is 2. The minimum absolute atomic E-state index is 0.0265. The molecule has 21 heavy (non-hydrogen) atoms. The number of nitrogens with zero attached hydrogens (tertiary/aromatic N) is 1. The fourth-order valence-corrected chi connectivity index (χ4v) is 3.81. The van der Waals surface area contributed by atoms with Gasteiger partial charge in [-0.1, -0.05) is 23.9 Å². The van der Waals surface area contributed by atoms with Crippen molar-refractivity contribution in [3.05, 3.63) is 53.6 Å². The summed E-state index contributed by atoms with van der Waals surface area (Å²) < 4.78 is 29.5. The maximum absolute atomic E-state index is 14.0. The first-order chi connectivity index (χ1) is 10.0. The number of thiazole rings is 1. The highest BCUT2D eigenvalue weighted by atomic mass is 32.2. The number of amidine groups is 1. The highest BCUT2D eigenvalue weighted by Gasteiger charge is 2.16. The van der Waals surface area contributed by atoms with Gasteiger partial charge >= 0.3 is 0 Å². The zero-order valence-corrected chi connectivity index (χ0v) is 12.2. The van der Waals surface area contributed by atoms with Gasteiger partial charge in [0.2, 0.25) is 0 Å². The second kappa shape index (κ2) is 5.42. The Hall–Kier alpha value is -1.99. The number of para-hydroxylation sites is 1. The molecule has 0 unspecified atom stereocenters. The van der Waals surface area contributed by atoms with E-state index in [-0.39, 0.29) is 16.3 Å². The largest absolute Gasteiger partial charge is 0.384 e. The van der Waals surface area contributed by atoms with Crippen molar-refractivity contribution in [2.75, 3.05) is 0 Å². The van der Waals surface area contributed by atoms with Crippen LogP contribution in [-0.2, 0) is 0 Å². The van der Waals surface area contributed by atoms with Gasteiger partial charge in [-0.05, 0) is 24.3 Å². The Kier molecular flexibility index (Phi) is 3.60. The lowest BCUT2D eigenvalue weighted by atomic mass is 10.2. The van der Waals surface area contributed by atoms with Crippen LogP contribution in [0.1, 0.15) is 5.56 Å². The summed E-state index contributed by atoms with van der Waals surface area (Å²) in [5.41, 5.74) is 6.06. The summed E-state index contributed by atoms with van der Waals surface area (Å²) in [5, 5.41) is 7.22. The maximum atomic E-state index is 14.0. The van der Waals surface area contributed by atoms with Crippen molar-refractivity contribution in [1.82, 2.24) is 4.98 Å². The van der Waals surface area contributed by atoms with Crippen LogP contribution in [-0.4, -0.2) is 10.8 Å². The van der Waals surface area contributed by atoms with Gasteiger partial charge in [-0.25, -0.2) is 13.8 Å². The Morgan fingerprint density at radius 1 is 1.19 bits per heavy atom. The second-order valence-corrected chi connectivity index (χ2v) is 6.52. The SMILES string of the molecule is N=C(N)c1cc(F)c(Sc2nc3ccccc3s2)c(F)c1. The molecule has 106 valence electrons. The van der Waals surface area contributed by atoms with E-state index in [0.29, 0.717) is 4.34 Å². The molecule has 3 nitrogen and oxygen atoms in total. The molecule has 1 heterocycles. The van der Waals surface area contributed by atoms with Crippen LogP contribution in [0.5, 0.6) is 0 Å². The van der Waals surface area contributed by atoms with Crippen molar-refractivity contribution in [2.24, 2.45) is 5.73 Å². The number of fused-ring (bicyclic) bond motifs is 1. The van der Waals surface area contributed by atoms with Crippen molar-refractivity contribution >= 4 is 39.2 Å². The summed E-state index contributed by atoms with van der Waals surface area (Å²) in [6, 6.07) is 9.61. The topological polar surface area (TPSA) is 62.8 Å². The lowest BCUT2D eigenvalue weighted by Gasteiger charge is -2.05. The molecule has 0 radical (unpaired) electrons. The molecule has 0 aliphatic carbocycles. The van der Waals surface area contributed by atoms with Crippen molar-refractivity contribution in [1.29, 1.82) is 5.41 Å². The van der Waals surface area contributed by atoms with Crippen molar-refractivity contribution in [3.8, 4) is 0 Å². The fraction of sp³-hybridized carbons (Fsp3) is 0. The minimum Gasteiger partial charge on any atom is -0.384 e. The molecular weight excluding hydrogens is 312 g/mol. The predicted molar refractivity (Wildman–Crippen MR) is 81.1 cm³/mol. The third kappa shape index (κ3) is 2.74. The molecule has 0 aliphatic rings. The van der Waals surface area contributed by atoms with E-state index in [0.717, 1.165) is 34.1 Å². The average molecular weight is 321 g/mol. The summed E-state index contributed by atoms with van der Waals surface area (Å²) in [7, 11) is 0. The van der Waals surface area contributed by atoms with Gasteiger partial charge in [0.15, 0.2) is 4.34 Å². The lowest BCUT2D eigenvalue weighted by molar-refractivity contribution is 0.540. The van der Waals surface area contributed by atoms with Gasteiger partial charge in [-0.2, -0.15) is 0 Å². The van der Waals surface area contributed by atoms with Gasteiger partial charge in [-0.3, -0.25) is 5.41 Å². The maximum Gasteiger partial charge on any atom is 0.156 e. The van der Waals surface area contributed by atoms with Crippen LogP contribution in [0.4, 0.5) is 8.78 Å². The van der Waals surface area contributed by atoms with Gasteiger partial charge in [0.25, 0.3) is 0 Å². The van der Waals surface area contributed by atoms with Gasteiger partial charge in [0.1, 0.15) is 17.5 Å². The Morgan fingerprint density at radius 3 is 2.48 bits per heavy atom. The number of hydrogen-bond donors (Lipinski definition) is 2. The molecule has 1 aromatic heterocycles. The molecule has 2 aromatic carbocycles. The highest BCUT2D eigenvalue weighted by molar-refractivity contribution is 8.01. The van der Waals surface area contributed by atoms with E-state index in [4.69, 9.17) is 11.1 Å². The summed E-state index contributed by atoms with van der Waals surface area (Å²) in [6.45, 7) is 0. The van der Waals surface area contributed by atoms with Gasteiger partial charge in [0.05, 0.1) is 15.1 Å². The second-order valence-electron chi connectivity index (χ2n) is 4.23. The van der Waals surface area contributed by atoms with Crippen LogP contribution in [0, 0.1) is 17.0 Å². The molecule has 0 aliphatic heterocycles. The van der Waals surface area contributed by atoms with E-state index < -0.39 is 11.6 Å². The van der Waals surface area contributed by atoms with Crippen molar-refractivity contribution in [3.63, 3.8) is 0 Å². The van der Waals surface area contributed by atoms with E-state index in [2.05, 4.69) is 4.98 Å². The van der Waals surface area contributed by atoms with E-state index >= 15 is 0 Å². The standard InChI is InChI=1S/C14H9F2N3S2/c15-8-5-7(13(17)18)6-9(16)12(8)21-14-19-10-3-1-2-4-11(10)20-14/h1-6H,(H3,17,18). The Bertz CT molecular complexity index is 789. The molecular formula is C14H9F2N3S2. The number of hydrogen-bond acceptors (Lipinski definition) is 4. The Balaban J connectivity index is 1.99. The summed E-state index contributed by atoms with van der Waals surface area (Å²) >= 11 is 2.30. The number of nitrogen functional groups attached to an aromatic ring is 1. The number of nitrogens with one attached hydrogen (secondary N) is 1. The zero-order chi connectivity index (χ0) is 15.0. The third-order valence-corrected chi connectivity index (χ3v) is 4.96. The van der Waals surface area contributed by atoms with E-state index in [1.54, 1.807) is 0 Å². The summed E-state index contributed by atoms with van der Waals surface area (Å²) in [4.78, 5) is 4.19. The van der Waals surface area contributed by atoms with Gasteiger partial charge in [-0.15, -0.1) is 11.3 Å². The average Bonchev–Trinajstić information content (AvgIpc) is 2.85. The molecule has 0 fully saturated rings. The van der Waals surface area contributed by atoms with E-state index in [1.165, 1.54) is 11.3 Å². The van der Waals surface area contributed by atoms with E-state index in [9.17, 15) is 8.78 Å². The summed E-state index contributed by atoms with van der Waals surface area (Å²) in [5.74, 6) is -1.86. The summed E-state index contributed by atoms with van der Waals surface area (Å²) in [6.07, 6.45) is 0. The number of aromatic nitrogens is 1. The number of halogens is 2. The van der Waals surface area contributed by atoms with Crippen LogP contribution in [0.2, 0.25) is 0 Å². The molecule has 3 rings (SSSR count). The highest BCUT2D eigenvalue weighted by Crippen LogP contribution is 2.37. The minimum atomic E-state index is -0.746. The molecule has 7 heteroatoms. The fourth-order valence-electron chi connectivity index (χ4n) is 1.79. The molecule has 0 saturated carbocycles. The van der Waals surface area contributed by atoms with Crippen LogP contribution < -0.4 is 5.73 Å². The zero-order valence-electron chi connectivity index (χ0n) is 10.6. The quantitative estimate of drug-likeness (QED) is 0.566. The molecule has 3 N–H and O–H groups in total. The molecule has 0 bridgehead atoms. The molecule has 0 atom stereocenters. The third-order valence-electron chi connectivity index (χ3n) is 2.77. The lowest BCUT2D eigenvalue weighted by Crippen LogP contribution is -2.12. The van der Waals surface area contributed by atoms with Crippen LogP contribution in [0.15, 0.2) is 45.6 Å². The van der Waals surface area contributed by atoms with Crippen LogP contribution >= 0.6 is 23.1 Å². The Morgan fingerprint density at radius 2 is 1.86 bits per heavy atom. The van der Waals surface area contributed by atoms with Crippen LogP contribution in [0.25, 0.3) is 10.2 Å². The Labute approximate surface area is 127 Å². The first-order valence-electron chi connectivity index (χ1n) is 5.91. The number of nitrogens with two attached hydrogens (primary N) is 1. The van der Waals surface area contributed by atoms with Crippen molar-refractivity contribution in [2.45, 2.75) is 9.24 Å². The molecule has 3 aromatic rings. The normalized spacial score (nSPS) is 11.0. The monoisotopic (exact) mass is 321 g/mol. The smallest absolute Gasteiger partial charge is 0.156 e. The van der Waals surface area contributed by atoms with Crippen LogP contribution in [0.3, 0.4) is 0 Å².